The number of pyridine rings is 1. The van der Waals surface area contributed by atoms with Gasteiger partial charge in [-0.2, -0.15) is 0 Å². The van der Waals surface area contributed by atoms with Gasteiger partial charge in [-0.15, -0.1) is 0 Å². The Balaban J connectivity index is 2.43. The average Bonchev–Trinajstić information content (AvgIpc) is 2.04. The molecular weight excluding hydrogens is 124 g/mol. The van der Waals surface area contributed by atoms with Crippen LogP contribution in [0, 0.1) is 0 Å². The summed E-state index contributed by atoms with van der Waals surface area (Å²) >= 11 is 0. The van der Waals surface area contributed by atoms with Gasteiger partial charge in [0.2, 0.25) is 0 Å². The van der Waals surface area contributed by atoms with E-state index < -0.39 is 0 Å². The van der Waals surface area contributed by atoms with E-state index in [-0.39, 0.29) is 0 Å². The Morgan fingerprint density at radius 1 is 1.70 bits per heavy atom. The predicted molar refractivity (Wildman–Crippen MR) is 39.6 cm³/mol. The van der Waals surface area contributed by atoms with Crippen molar-refractivity contribution in [3.8, 4) is 0 Å². The first-order valence-electron chi connectivity index (χ1n) is 4.01. The fraction of sp³-hybridized carbons (Fsp3) is 0.375. The Labute approximate surface area is 61.7 Å². The van der Waals surface area contributed by atoms with Crippen molar-refractivity contribution in [1.29, 1.82) is 0 Å². The van der Waals surface area contributed by atoms with Crippen molar-refractivity contribution in [3.05, 3.63) is 29.6 Å². The van der Waals surface area contributed by atoms with Gasteiger partial charge in [0.25, 0.3) is 0 Å². The first-order valence-corrected chi connectivity index (χ1v) is 3.51. The first kappa shape index (κ1) is 4.85. The van der Waals surface area contributed by atoms with E-state index in [4.69, 9.17) is 1.37 Å². The normalized spacial score (nSPS) is 17.8. The molecule has 0 bridgehead atoms. The monoisotopic (exact) mass is 135 g/mol. The molecule has 1 aromatic heterocycles. The second-order valence-corrected chi connectivity index (χ2v) is 2.47. The van der Waals surface area contributed by atoms with Crippen LogP contribution in [0.2, 0.25) is 0 Å². The van der Waals surface area contributed by atoms with Crippen LogP contribution in [0.1, 0.15) is 12.6 Å². The lowest BCUT2D eigenvalue weighted by Crippen LogP contribution is -2.24. The lowest BCUT2D eigenvalue weighted by Gasteiger charge is -2.14. The van der Waals surface area contributed by atoms with E-state index >= 15 is 0 Å². The number of nitrogens with zero attached hydrogens (tertiary/aromatic N) is 1. The third kappa shape index (κ3) is 0.907. The maximum Gasteiger partial charge on any atom is 0.0639 e. The van der Waals surface area contributed by atoms with Gasteiger partial charge in [0.15, 0.2) is 0 Å². The Kier molecular flexibility index (Phi) is 1.16. The molecule has 1 N–H and O–H groups in total. The van der Waals surface area contributed by atoms with Crippen LogP contribution in [0.3, 0.4) is 0 Å². The van der Waals surface area contributed by atoms with E-state index in [1.165, 1.54) is 5.56 Å². The van der Waals surface area contributed by atoms with Crippen LogP contribution in [-0.4, -0.2) is 11.5 Å². The maximum absolute atomic E-state index is 7.34. The lowest BCUT2D eigenvalue weighted by atomic mass is 10.1. The predicted octanol–water partition coefficient (Wildman–Crippen LogP) is 0.727. The van der Waals surface area contributed by atoms with Crippen LogP contribution in [0.15, 0.2) is 18.3 Å². The van der Waals surface area contributed by atoms with Crippen molar-refractivity contribution in [3.63, 3.8) is 0 Å². The average molecular weight is 135 g/mol. The molecule has 0 atom stereocenters. The third-order valence-corrected chi connectivity index (χ3v) is 1.78. The molecule has 52 valence electrons. The number of fused-ring (bicyclic) bond motifs is 1. The molecule has 0 saturated carbocycles. The summed E-state index contributed by atoms with van der Waals surface area (Å²) in [6, 6.07) is 2.39. The molecule has 0 fully saturated rings. The summed E-state index contributed by atoms with van der Waals surface area (Å²) in [4.78, 5) is 4.19. The quantitative estimate of drug-likeness (QED) is 0.567. The minimum absolute atomic E-state index is 0.507. The molecule has 1 aliphatic heterocycles. The summed E-state index contributed by atoms with van der Waals surface area (Å²) in [6.07, 6.45) is 2.61. The molecule has 0 aromatic carbocycles. The lowest BCUT2D eigenvalue weighted by molar-refractivity contribution is 0.630. The SMILES string of the molecule is [2H]c1cnc2c(c1)CNCC2. The van der Waals surface area contributed by atoms with Crippen molar-refractivity contribution in [2.75, 3.05) is 6.54 Å². The number of hydrogen-bond donors (Lipinski definition) is 1. The molecule has 0 amide bonds. The number of rotatable bonds is 0. The van der Waals surface area contributed by atoms with Crippen molar-refractivity contribution in [1.82, 2.24) is 10.3 Å². The third-order valence-electron chi connectivity index (χ3n) is 1.78. The minimum atomic E-state index is 0.507. The molecule has 2 nitrogen and oxygen atoms in total. The molecule has 2 heteroatoms. The summed E-state index contributed by atoms with van der Waals surface area (Å²) in [5.74, 6) is 0. The van der Waals surface area contributed by atoms with Gasteiger partial charge in [-0.05, 0) is 11.6 Å². The standard InChI is InChI=1S/C8H10N2/c1-2-7-6-9-5-3-8(7)10-4-1/h1-2,4,9H,3,5-6H2/i1D. The molecular formula is C8H10N2. The summed E-state index contributed by atoms with van der Waals surface area (Å²) in [7, 11) is 0. The first-order chi connectivity index (χ1) is 5.36. The molecule has 10 heavy (non-hydrogen) atoms. The number of hydrogen-bond acceptors (Lipinski definition) is 2. The zero-order chi connectivity index (χ0) is 7.68. The van der Waals surface area contributed by atoms with E-state index in [2.05, 4.69) is 10.3 Å². The van der Waals surface area contributed by atoms with Crippen molar-refractivity contribution in [2.45, 2.75) is 13.0 Å². The van der Waals surface area contributed by atoms with Crippen LogP contribution in [-0.2, 0) is 13.0 Å². The van der Waals surface area contributed by atoms with Gasteiger partial charge in [-0.1, -0.05) is 6.07 Å². The second kappa shape index (κ2) is 2.39. The molecule has 1 aliphatic rings. The van der Waals surface area contributed by atoms with E-state index in [1.54, 1.807) is 6.20 Å². The second-order valence-electron chi connectivity index (χ2n) is 2.47. The van der Waals surface area contributed by atoms with E-state index in [0.29, 0.717) is 6.04 Å². The largest absolute Gasteiger partial charge is 0.312 e. The van der Waals surface area contributed by atoms with Crippen molar-refractivity contribution in [2.24, 2.45) is 0 Å². The van der Waals surface area contributed by atoms with Gasteiger partial charge in [-0.25, -0.2) is 0 Å². The summed E-state index contributed by atoms with van der Waals surface area (Å²) in [5, 5.41) is 3.24. The molecule has 0 saturated heterocycles. The van der Waals surface area contributed by atoms with E-state index in [9.17, 15) is 0 Å². The molecule has 0 spiro atoms. The van der Waals surface area contributed by atoms with Gasteiger partial charge in [0.05, 0.1) is 1.37 Å². The van der Waals surface area contributed by atoms with Gasteiger partial charge in [0.1, 0.15) is 0 Å². The Bertz CT molecular complexity index is 273. The smallest absolute Gasteiger partial charge is 0.0639 e. The van der Waals surface area contributed by atoms with Crippen LogP contribution in [0.4, 0.5) is 0 Å². The Hall–Kier alpha value is -0.890. The highest BCUT2D eigenvalue weighted by Gasteiger charge is 2.06. The zero-order valence-electron chi connectivity index (χ0n) is 6.72. The number of nitrogens with one attached hydrogen (secondary N) is 1. The molecule has 2 rings (SSSR count). The Morgan fingerprint density at radius 3 is 3.70 bits per heavy atom. The van der Waals surface area contributed by atoms with Crippen LogP contribution in [0.25, 0.3) is 0 Å². The van der Waals surface area contributed by atoms with Gasteiger partial charge in [-0.3, -0.25) is 4.98 Å². The van der Waals surface area contributed by atoms with E-state index in [0.717, 1.165) is 25.2 Å². The molecule has 1 aromatic rings. The van der Waals surface area contributed by atoms with Gasteiger partial charge in [0, 0.05) is 31.4 Å². The highest BCUT2D eigenvalue weighted by molar-refractivity contribution is 5.21. The number of aromatic nitrogens is 1. The highest BCUT2D eigenvalue weighted by atomic mass is 14.9. The molecule has 0 radical (unpaired) electrons. The minimum Gasteiger partial charge on any atom is -0.312 e. The van der Waals surface area contributed by atoms with E-state index in [1.807, 2.05) is 6.07 Å². The van der Waals surface area contributed by atoms with Gasteiger partial charge < -0.3 is 5.32 Å². The molecule has 0 unspecified atom stereocenters. The summed E-state index contributed by atoms with van der Waals surface area (Å²) in [5.41, 5.74) is 2.34. The maximum atomic E-state index is 7.34. The van der Waals surface area contributed by atoms with Gasteiger partial charge >= 0.3 is 0 Å². The fourth-order valence-corrected chi connectivity index (χ4v) is 1.23. The molecule has 2 heterocycles. The topological polar surface area (TPSA) is 24.9 Å². The Morgan fingerprint density at radius 2 is 2.70 bits per heavy atom. The highest BCUT2D eigenvalue weighted by Crippen LogP contribution is 2.08. The van der Waals surface area contributed by atoms with Crippen molar-refractivity contribution < 1.29 is 1.37 Å². The van der Waals surface area contributed by atoms with Crippen LogP contribution in [0.5, 0.6) is 0 Å². The van der Waals surface area contributed by atoms with Crippen molar-refractivity contribution >= 4 is 0 Å². The summed E-state index contributed by atoms with van der Waals surface area (Å²) in [6.45, 7) is 1.88. The fourth-order valence-electron chi connectivity index (χ4n) is 1.23. The molecule has 0 aliphatic carbocycles. The summed E-state index contributed by atoms with van der Waals surface area (Å²) < 4.78 is 7.34. The van der Waals surface area contributed by atoms with Crippen LogP contribution >= 0.6 is 0 Å². The zero-order valence-corrected chi connectivity index (χ0v) is 5.72. The van der Waals surface area contributed by atoms with Crippen LogP contribution < -0.4 is 5.32 Å².